The minimum Gasteiger partial charge on any atom is -0.480 e. The lowest BCUT2D eigenvalue weighted by molar-refractivity contribution is -0.139. The summed E-state index contributed by atoms with van der Waals surface area (Å²) in [6, 6.07) is -0.880. The Labute approximate surface area is 72.6 Å². The second-order valence-electron chi connectivity index (χ2n) is 3.60. The Balaban J connectivity index is 4.01. The molecule has 12 heavy (non-hydrogen) atoms. The highest BCUT2D eigenvalue weighted by Gasteiger charge is 2.25. The molecule has 0 aromatic carbocycles. The molecule has 72 valence electrons. The molecule has 0 saturated heterocycles. The third-order valence-corrected chi connectivity index (χ3v) is 1.93. The van der Waals surface area contributed by atoms with E-state index < -0.39 is 17.6 Å². The summed E-state index contributed by atoms with van der Waals surface area (Å²) in [7, 11) is 0. The maximum atomic E-state index is 10.4. The monoisotopic (exact) mass is 175 g/mol. The Bertz CT molecular complexity index is 162. The Morgan fingerprint density at radius 3 is 2.08 bits per heavy atom. The number of carboxylic acids is 1. The molecular weight excluding hydrogens is 158 g/mol. The van der Waals surface area contributed by atoms with Crippen LogP contribution in [0.25, 0.3) is 0 Å². The molecule has 0 aromatic rings. The van der Waals surface area contributed by atoms with Gasteiger partial charge in [-0.1, -0.05) is 0 Å². The summed E-state index contributed by atoms with van der Waals surface area (Å²) < 4.78 is 0. The van der Waals surface area contributed by atoms with Gasteiger partial charge in [0.2, 0.25) is 0 Å². The van der Waals surface area contributed by atoms with Gasteiger partial charge in [-0.3, -0.25) is 10.1 Å². The van der Waals surface area contributed by atoms with E-state index in [1.807, 2.05) is 0 Å². The lowest BCUT2D eigenvalue weighted by atomic mass is 10.0. The Morgan fingerprint density at radius 1 is 1.42 bits per heavy atom. The van der Waals surface area contributed by atoms with Crippen molar-refractivity contribution in [3.8, 4) is 0 Å². The van der Waals surface area contributed by atoms with E-state index in [1.54, 1.807) is 27.7 Å². The minimum absolute atomic E-state index is 0.247. The van der Waals surface area contributed by atoms with Crippen LogP contribution in [0, 0.1) is 0 Å². The Morgan fingerprint density at radius 2 is 1.83 bits per heavy atom. The third kappa shape index (κ3) is 3.69. The first-order valence-corrected chi connectivity index (χ1v) is 3.96. The second kappa shape index (κ2) is 3.87. The number of aliphatic hydroxyl groups is 1. The van der Waals surface area contributed by atoms with Gasteiger partial charge in [0.05, 0.1) is 5.60 Å². The molecule has 3 N–H and O–H groups in total. The summed E-state index contributed by atoms with van der Waals surface area (Å²) in [5.74, 6) is -0.911. The second-order valence-corrected chi connectivity index (χ2v) is 3.60. The molecule has 0 bridgehead atoms. The molecule has 0 aliphatic heterocycles. The fourth-order valence-corrected chi connectivity index (χ4v) is 0.650. The highest BCUT2D eigenvalue weighted by Crippen LogP contribution is 2.07. The van der Waals surface area contributed by atoms with Gasteiger partial charge in [-0.05, 0) is 27.7 Å². The fourth-order valence-electron chi connectivity index (χ4n) is 0.650. The molecule has 0 aliphatic rings. The molecule has 0 rings (SSSR count). The fraction of sp³-hybridized carbons (Fsp3) is 0.875. The van der Waals surface area contributed by atoms with Crippen LogP contribution < -0.4 is 5.32 Å². The molecule has 0 saturated carbocycles. The van der Waals surface area contributed by atoms with Crippen molar-refractivity contribution in [2.75, 3.05) is 0 Å². The predicted octanol–water partition coefficient (Wildman–Crippen LogP) is 0.208. The van der Waals surface area contributed by atoms with E-state index in [2.05, 4.69) is 5.32 Å². The van der Waals surface area contributed by atoms with Gasteiger partial charge in [-0.15, -0.1) is 0 Å². The highest BCUT2D eigenvalue weighted by molar-refractivity contribution is 5.72. The maximum absolute atomic E-state index is 10.4. The quantitative estimate of drug-likeness (QED) is 0.571. The van der Waals surface area contributed by atoms with Gasteiger partial charge in [-0.2, -0.15) is 0 Å². The van der Waals surface area contributed by atoms with Gasteiger partial charge in [0.15, 0.2) is 0 Å². The Hall–Kier alpha value is -0.610. The summed E-state index contributed by atoms with van der Waals surface area (Å²) in [6.45, 7) is 6.57. The largest absolute Gasteiger partial charge is 0.480 e. The smallest absolute Gasteiger partial charge is 0.320 e. The lowest BCUT2D eigenvalue weighted by Gasteiger charge is -2.28. The van der Waals surface area contributed by atoms with Gasteiger partial charge < -0.3 is 10.2 Å². The molecule has 0 aromatic heterocycles. The van der Waals surface area contributed by atoms with E-state index in [1.165, 1.54) is 0 Å². The summed E-state index contributed by atoms with van der Waals surface area (Å²) in [5, 5.41) is 20.8. The van der Waals surface area contributed by atoms with Crippen LogP contribution in [0.3, 0.4) is 0 Å². The zero-order chi connectivity index (χ0) is 9.94. The average Bonchev–Trinajstić information content (AvgIpc) is 1.85. The van der Waals surface area contributed by atoms with Crippen molar-refractivity contribution in [2.45, 2.75) is 45.4 Å². The highest BCUT2D eigenvalue weighted by atomic mass is 16.4. The number of carboxylic acid groups (broad SMARTS) is 1. The van der Waals surface area contributed by atoms with E-state index in [0.717, 1.165) is 0 Å². The van der Waals surface area contributed by atoms with Crippen LogP contribution in [0.1, 0.15) is 27.7 Å². The van der Waals surface area contributed by atoms with E-state index in [4.69, 9.17) is 5.11 Å². The maximum Gasteiger partial charge on any atom is 0.320 e. The van der Waals surface area contributed by atoms with Crippen molar-refractivity contribution in [2.24, 2.45) is 0 Å². The minimum atomic E-state index is -0.911. The molecule has 2 atom stereocenters. The Kier molecular flexibility index (Phi) is 3.67. The zero-order valence-corrected chi connectivity index (χ0v) is 7.96. The molecule has 4 nitrogen and oxygen atoms in total. The van der Waals surface area contributed by atoms with E-state index in [9.17, 15) is 9.90 Å². The average molecular weight is 175 g/mol. The van der Waals surface area contributed by atoms with Crippen LogP contribution in [-0.4, -0.2) is 33.9 Å². The van der Waals surface area contributed by atoms with Gasteiger partial charge in [0.1, 0.15) is 6.04 Å². The van der Waals surface area contributed by atoms with Crippen molar-refractivity contribution < 1.29 is 15.0 Å². The molecule has 0 spiro atoms. The normalized spacial score (nSPS) is 17.1. The van der Waals surface area contributed by atoms with Crippen LogP contribution in [0.2, 0.25) is 0 Å². The summed E-state index contributed by atoms with van der Waals surface area (Å²) in [5.41, 5.74) is -0.899. The molecule has 0 amide bonds. The molecule has 0 fully saturated rings. The number of hydrogen-bond donors (Lipinski definition) is 3. The third-order valence-electron chi connectivity index (χ3n) is 1.93. The summed E-state index contributed by atoms with van der Waals surface area (Å²) in [4.78, 5) is 10.4. The van der Waals surface area contributed by atoms with E-state index in [0.29, 0.717) is 0 Å². The summed E-state index contributed by atoms with van der Waals surface area (Å²) in [6.07, 6.45) is 0. The van der Waals surface area contributed by atoms with Crippen molar-refractivity contribution in [3.63, 3.8) is 0 Å². The predicted molar refractivity (Wildman–Crippen MR) is 46.0 cm³/mol. The van der Waals surface area contributed by atoms with Crippen molar-refractivity contribution in [1.82, 2.24) is 5.32 Å². The molecule has 0 aliphatic carbocycles. The van der Waals surface area contributed by atoms with Crippen LogP contribution in [-0.2, 0) is 4.79 Å². The summed E-state index contributed by atoms with van der Waals surface area (Å²) >= 11 is 0. The SMILES string of the molecule is CC(NC(C)C(C)(C)O)C(=O)O. The standard InChI is InChI=1S/C8H17NO3/c1-5(7(10)11)9-6(2)8(3,4)12/h5-6,9,12H,1-4H3,(H,10,11). The number of carbonyl (C=O) groups is 1. The van der Waals surface area contributed by atoms with Crippen LogP contribution in [0.15, 0.2) is 0 Å². The number of nitrogens with one attached hydrogen (secondary N) is 1. The molecule has 0 heterocycles. The van der Waals surface area contributed by atoms with Crippen LogP contribution in [0.5, 0.6) is 0 Å². The van der Waals surface area contributed by atoms with Crippen LogP contribution in [0.4, 0.5) is 0 Å². The number of aliphatic carboxylic acids is 1. The van der Waals surface area contributed by atoms with E-state index >= 15 is 0 Å². The van der Waals surface area contributed by atoms with Gasteiger partial charge in [-0.25, -0.2) is 0 Å². The van der Waals surface area contributed by atoms with Crippen molar-refractivity contribution >= 4 is 5.97 Å². The topological polar surface area (TPSA) is 69.6 Å². The molecule has 2 unspecified atom stereocenters. The van der Waals surface area contributed by atoms with Gasteiger partial charge in [0.25, 0.3) is 0 Å². The molecule has 4 heteroatoms. The molecular formula is C8H17NO3. The van der Waals surface area contributed by atoms with Gasteiger partial charge in [0, 0.05) is 6.04 Å². The molecule has 0 radical (unpaired) electrons. The van der Waals surface area contributed by atoms with E-state index in [-0.39, 0.29) is 6.04 Å². The van der Waals surface area contributed by atoms with Crippen LogP contribution >= 0.6 is 0 Å². The first kappa shape index (κ1) is 11.4. The number of hydrogen-bond acceptors (Lipinski definition) is 3. The van der Waals surface area contributed by atoms with Gasteiger partial charge >= 0.3 is 5.97 Å². The van der Waals surface area contributed by atoms with Crippen molar-refractivity contribution in [1.29, 1.82) is 0 Å². The lowest BCUT2D eigenvalue weighted by Crippen LogP contribution is -2.50. The number of rotatable bonds is 4. The van der Waals surface area contributed by atoms with Crippen molar-refractivity contribution in [3.05, 3.63) is 0 Å². The zero-order valence-electron chi connectivity index (χ0n) is 7.96. The first-order valence-electron chi connectivity index (χ1n) is 3.96. The first-order chi connectivity index (χ1) is 5.25.